The molecule has 0 saturated heterocycles. The third-order valence-corrected chi connectivity index (χ3v) is 2.84. The number of hydrogen-bond donors (Lipinski definition) is 2. The SMILES string of the molecule is CC(C)(C)ONC(c1ccccc1)c1ccc(O)cc1. The van der Waals surface area contributed by atoms with Gasteiger partial charge in [-0.25, -0.2) is 0 Å². The molecule has 0 saturated carbocycles. The topological polar surface area (TPSA) is 41.5 Å². The van der Waals surface area contributed by atoms with E-state index in [1.165, 1.54) is 0 Å². The minimum atomic E-state index is -0.274. The van der Waals surface area contributed by atoms with Gasteiger partial charge in [-0.3, -0.25) is 4.84 Å². The summed E-state index contributed by atoms with van der Waals surface area (Å²) in [6.07, 6.45) is 0. The lowest BCUT2D eigenvalue weighted by molar-refractivity contribution is -0.0836. The summed E-state index contributed by atoms with van der Waals surface area (Å²) in [6.45, 7) is 6.00. The number of hydroxylamine groups is 1. The molecule has 2 aromatic rings. The van der Waals surface area contributed by atoms with Crippen LogP contribution in [0.3, 0.4) is 0 Å². The van der Waals surface area contributed by atoms with Crippen molar-refractivity contribution in [2.24, 2.45) is 0 Å². The van der Waals surface area contributed by atoms with Crippen LogP contribution in [-0.2, 0) is 4.84 Å². The largest absolute Gasteiger partial charge is 0.508 e. The van der Waals surface area contributed by atoms with Crippen LogP contribution in [0, 0.1) is 0 Å². The Morgan fingerprint density at radius 1 is 0.900 bits per heavy atom. The molecule has 1 unspecified atom stereocenters. The van der Waals surface area contributed by atoms with Crippen molar-refractivity contribution in [3.8, 4) is 5.75 Å². The fraction of sp³-hybridized carbons (Fsp3) is 0.294. The van der Waals surface area contributed by atoms with Gasteiger partial charge in [0.2, 0.25) is 0 Å². The Hall–Kier alpha value is -1.84. The molecule has 3 nitrogen and oxygen atoms in total. The van der Waals surface area contributed by atoms with Crippen molar-refractivity contribution >= 4 is 0 Å². The van der Waals surface area contributed by atoms with Crippen LogP contribution in [0.2, 0.25) is 0 Å². The van der Waals surface area contributed by atoms with Gasteiger partial charge < -0.3 is 5.11 Å². The van der Waals surface area contributed by atoms with E-state index in [9.17, 15) is 5.11 Å². The highest BCUT2D eigenvalue weighted by atomic mass is 16.7. The quantitative estimate of drug-likeness (QED) is 0.831. The van der Waals surface area contributed by atoms with Gasteiger partial charge in [-0.1, -0.05) is 42.5 Å². The first-order valence-corrected chi connectivity index (χ1v) is 6.73. The lowest BCUT2D eigenvalue weighted by Gasteiger charge is -2.26. The molecule has 20 heavy (non-hydrogen) atoms. The van der Waals surface area contributed by atoms with E-state index in [1.54, 1.807) is 12.1 Å². The fourth-order valence-corrected chi connectivity index (χ4v) is 1.88. The van der Waals surface area contributed by atoms with Gasteiger partial charge in [-0.2, -0.15) is 5.48 Å². The summed E-state index contributed by atoms with van der Waals surface area (Å²) >= 11 is 0. The molecule has 0 bridgehead atoms. The van der Waals surface area contributed by atoms with E-state index in [0.717, 1.165) is 11.1 Å². The third kappa shape index (κ3) is 4.08. The number of nitrogens with one attached hydrogen (secondary N) is 1. The summed E-state index contributed by atoms with van der Waals surface area (Å²) in [5.41, 5.74) is 5.01. The van der Waals surface area contributed by atoms with Gasteiger partial charge in [-0.15, -0.1) is 0 Å². The fourth-order valence-electron chi connectivity index (χ4n) is 1.88. The first-order chi connectivity index (χ1) is 9.46. The molecule has 0 aliphatic rings. The van der Waals surface area contributed by atoms with Crippen LogP contribution in [0.15, 0.2) is 54.6 Å². The smallest absolute Gasteiger partial charge is 0.115 e. The van der Waals surface area contributed by atoms with E-state index < -0.39 is 0 Å². The molecule has 106 valence electrons. The minimum Gasteiger partial charge on any atom is -0.508 e. The van der Waals surface area contributed by atoms with Crippen molar-refractivity contribution in [2.75, 3.05) is 0 Å². The van der Waals surface area contributed by atoms with Crippen molar-refractivity contribution in [3.05, 3.63) is 65.7 Å². The predicted molar refractivity (Wildman–Crippen MR) is 80.4 cm³/mol. The summed E-state index contributed by atoms with van der Waals surface area (Å²) in [5, 5.41) is 9.42. The third-order valence-electron chi connectivity index (χ3n) is 2.84. The van der Waals surface area contributed by atoms with E-state index >= 15 is 0 Å². The van der Waals surface area contributed by atoms with Crippen LogP contribution < -0.4 is 5.48 Å². The second-order valence-corrected chi connectivity index (χ2v) is 5.77. The number of phenolic OH excluding ortho intramolecular Hbond substituents is 1. The maximum atomic E-state index is 9.42. The molecule has 2 aromatic carbocycles. The monoisotopic (exact) mass is 271 g/mol. The average Bonchev–Trinajstić information content (AvgIpc) is 2.41. The van der Waals surface area contributed by atoms with Crippen LogP contribution >= 0.6 is 0 Å². The Bertz CT molecular complexity index is 529. The van der Waals surface area contributed by atoms with Crippen molar-refractivity contribution in [3.63, 3.8) is 0 Å². The maximum Gasteiger partial charge on any atom is 0.115 e. The molecular weight excluding hydrogens is 250 g/mol. The zero-order valence-corrected chi connectivity index (χ0v) is 12.1. The lowest BCUT2D eigenvalue weighted by Crippen LogP contribution is -2.32. The highest BCUT2D eigenvalue weighted by Gasteiger charge is 2.18. The molecule has 0 spiro atoms. The molecule has 0 amide bonds. The maximum absolute atomic E-state index is 9.42. The van der Waals surface area contributed by atoms with Gasteiger partial charge in [0.25, 0.3) is 0 Å². The van der Waals surface area contributed by atoms with Gasteiger partial charge in [0.05, 0.1) is 11.6 Å². The molecule has 1 atom stereocenters. The summed E-state index contributed by atoms with van der Waals surface area (Å²) in [6, 6.07) is 17.2. The Balaban J connectivity index is 2.27. The van der Waals surface area contributed by atoms with Crippen LogP contribution in [-0.4, -0.2) is 10.7 Å². The molecule has 3 heteroatoms. The molecule has 0 aliphatic heterocycles. The molecule has 0 aromatic heterocycles. The normalized spacial score (nSPS) is 13.2. The van der Waals surface area contributed by atoms with E-state index in [1.807, 2.05) is 51.1 Å². The van der Waals surface area contributed by atoms with Crippen molar-refractivity contribution < 1.29 is 9.94 Å². The zero-order chi connectivity index (χ0) is 14.6. The van der Waals surface area contributed by atoms with Crippen LogP contribution in [0.5, 0.6) is 5.75 Å². The Kier molecular flexibility index (Phi) is 4.42. The number of rotatable bonds is 4. The number of benzene rings is 2. The summed E-state index contributed by atoms with van der Waals surface area (Å²) in [7, 11) is 0. The molecule has 0 radical (unpaired) electrons. The van der Waals surface area contributed by atoms with Gasteiger partial charge in [0.1, 0.15) is 5.75 Å². The first kappa shape index (κ1) is 14.6. The van der Waals surface area contributed by atoms with E-state index in [-0.39, 0.29) is 17.4 Å². The van der Waals surface area contributed by atoms with Crippen molar-refractivity contribution in [1.29, 1.82) is 0 Å². The lowest BCUT2D eigenvalue weighted by atomic mass is 9.99. The van der Waals surface area contributed by atoms with Gasteiger partial charge in [0.15, 0.2) is 0 Å². The van der Waals surface area contributed by atoms with Gasteiger partial charge in [-0.05, 0) is 44.0 Å². The van der Waals surface area contributed by atoms with Gasteiger partial charge >= 0.3 is 0 Å². The molecule has 2 rings (SSSR count). The number of aromatic hydroxyl groups is 1. The minimum absolute atomic E-state index is 0.0731. The van der Waals surface area contributed by atoms with E-state index in [0.29, 0.717) is 0 Å². The second-order valence-electron chi connectivity index (χ2n) is 5.77. The average molecular weight is 271 g/mol. The first-order valence-electron chi connectivity index (χ1n) is 6.73. The number of hydrogen-bond acceptors (Lipinski definition) is 3. The summed E-state index contributed by atoms with van der Waals surface area (Å²) in [4.78, 5) is 5.72. The Morgan fingerprint density at radius 2 is 1.45 bits per heavy atom. The summed E-state index contributed by atoms with van der Waals surface area (Å²) in [5.74, 6) is 0.261. The molecular formula is C17H21NO2. The summed E-state index contributed by atoms with van der Waals surface area (Å²) < 4.78 is 0. The predicted octanol–water partition coefficient (Wildman–Crippen LogP) is 3.80. The Labute approximate surface area is 120 Å². The second kappa shape index (κ2) is 6.07. The molecule has 0 heterocycles. The van der Waals surface area contributed by atoms with Crippen LogP contribution in [0.25, 0.3) is 0 Å². The van der Waals surface area contributed by atoms with Crippen molar-refractivity contribution in [1.82, 2.24) is 5.48 Å². The van der Waals surface area contributed by atoms with E-state index in [2.05, 4.69) is 17.6 Å². The molecule has 2 N–H and O–H groups in total. The highest BCUT2D eigenvalue weighted by Crippen LogP contribution is 2.24. The zero-order valence-electron chi connectivity index (χ0n) is 12.1. The molecule has 0 aliphatic carbocycles. The number of phenols is 1. The van der Waals surface area contributed by atoms with Crippen LogP contribution in [0.4, 0.5) is 0 Å². The van der Waals surface area contributed by atoms with Gasteiger partial charge in [0, 0.05) is 0 Å². The van der Waals surface area contributed by atoms with E-state index in [4.69, 9.17) is 4.84 Å². The van der Waals surface area contributed by atoms with Crippen molar-refractivity contribution in [2.45, 2.75) is 32.4 Å². The molecule has 0 fully saturated rings. The highest BCUT2D eigenvalue weighted by molar-refractivity contribution is 5.34. The van der Waals surface area contributed by atoms with Crippen LogP contribution in [0.1, 0.15) is 37.9 Å². The standard InChI is InChI=1S/C17H21NO2/c1-17(2,3)20-18-16(13-7-5-4-6-8-13)14-9-11-15(19)12-10-14/h4-12,16,18-19H,1-3H3. The Morgan fingerprint density at radius 3 is 2.00 bits per heavy atom.